The van der Waals surface area contributed by atoms with Gasteiger partial charge in [-0.3, -0.25) is 4.79 Å². The van der Waals surface area contributed by atoms with Gasteiger partial charge in [0.15, 0.2) is 6.67 Å². The zero-order chi connectivity index (χ0) is 20.6. The van der Waals surface area contributed by atoms with Gasteiger partial charge in [-0.25, -0.2) is 18.1 Å². The van der Waals surface area contributed by atoms with Gasteiger partial charge in [0.1, 0.15) is 6.04 Å². The van der Waals surface area contributed by atoms with Crippen molar-refractivity contribution in [3.05, 3.63) is 29.3 Å². The second-order valence-electron chi connectivity index (χ2n) is 8.15. The first-order valence-electron chi connectivity index (χ1n) is 10.5. The highest BCUT2D eigenvalue weighted by atomic mass is 32.2. The Morgan fingerprint density at radius 1 is 1.14 bits per heavy atom. The molecule has 9 heteroatoms. The lowest BCUT2D eigenvalue weighted by Crippen LogP contribution is -3.16. The minimum atomic E-state index is -3.51. The first-order valence-corrected chi connectivity index (χ1v) is 11.9. The lowest BCUT2D eigenvalue weighted by Gasteiger charge is -2.32. The number of nitrogens with zero attached hydrogens (tertiary/aromatic N) is 2. The van der Waals surface area contributed by atoms with Crippen LogP contribution >= 0.6 is 0 Å². The first kappa shape index (κ1) is 20.3. The van der Waals surface area contributed by atoms with Crippen LogP contribution in [0.25, 0.3) is 0 Å². The molecule has 2 N–H and O–H groups in total. The minimum absolute atomic E-state index is 0.169. The number of hydrogen-bond donors (Lipinski definition) is 2. The fourth-order valence-corrected chi connectivity index (χ4v) is 5.99. The molecule has 3 aliphatic rings. The zero-order valence-electron chi connectivity index (χ0n) is 16.8. The fourth-order valence-electron chi connectivity index (χ4n) is 4.49. The number of piperazine rings is 1. The standard InChI is InChI=1S/C20H28N4O4S/c1-2-4-18-19(25)24(20(26)21-18)14-22-9-11-23(12-10-22)29(27,28)17-8-7-15-5-3-6-16(15)13-17/h7-8,13,18H,2-6,9-12,14H2,1H3,(H,21,26)/p+1/t18-/m0/s1. The molecule has 1 atom stereocenters. The maximum Gasteiger partial charge on any atom is 0.329 e. The lowest BCUT2D eigenvalue weighted by atomic mass is 10.1. The number of quaternary nitrogens is 1. The van der Waals surface area contributed by atoms with Crippen molar-refractivity contribution in [1.82, 2.24) is 14.5 Å². The van der Waals surface area contributed by atoms with Crippen LogP contribution in [0.1, 0.15) is 37.3 Å². The average molecular weight is 422 g/mol. The zero-order valence-corrected chi connectivity index (χ0v) is 17.6. The summed E-state index contributed by atoms with van der Waals surface area (Å²) in [6.07, 6.45) is 4.53. The van der Waals surface area contributed by atoms with Gasteiger partial charge in [0.2, 0.25) is 10.0 Å². The van der Waals surface area contributed by atoms with Gasteiger partial charge in [0, 0.05) is 0 Å². The van der Waals surface area contributed by atoms with Crippen LogP contribution in [0.4, 0.5) is 4.79 Å². The van der Waals surface area contributed by atoms with Gasteiger partial charge in [-0.05, 0) is 48.9 Å². The van der Waals surface area contributed by atoms with Gasteiger partial charge in [0.05, 0.1) is 31.1 Å². The van der Waals surface area contributed by atoms with Crippen LogP contribution in [0, 0.1) is 0 Å². The van der Waals surface area contributed by atoms with E-state index in [1.165, 1.54) is 14.8 Å². The van der Waals surface area contributed by atoms with Crippen LogP contribution in [-0.2, 0) is 27.7 Å². The van der Waals surface area contributed by atoms with Crippen LogP contribution < -0.4 is 10.2 Å². The number of imide groups is 1. The highest BCUT2D eigenvalue weighted by molar-refractivity contribution is 7.89. The Morgan fingerprint density at radius 2 is 1.86 bits per heavy atom. The molecule has 2 aliphatic heterocycles. The summed E-state index contributed by atoms with van der Waals surface area (Å²) < 4.78 is 27.6. The molecule has 2 saturated heterocycles. The third kappa shape index (κ3) is 3.91. The molecule has 0 radical (unpaired) electrons. The molecule has 4 rings (SSSR count). The van der Waals surface area contributed by atoms with Crippen LogP contribution in [0.2, 0.25) is 0 Å². The largest absolute Gasteiger partial charge is 0.329 e. The summed E-state index contributed by atoms with van der Waals surface area (Å²) in [5, 5.41) is 2.74. The quantitative estimate of drug-likeness (QED) is 0.620. The number of hydrogen-bond acceptors (Lipinski definition) is 4. The van der Waals surface area contributed by atoms with Crippen molar-refractivity contribution in [2.75, 3.05) is 32.8 Å². The van der Waals surface area contributed by atoms with Crippen LogP contribution in [0.5, 0.6) is 0 Å². The van der Waals surface area contributed by atoms with E-state index in [4.69, 9.17) is 0 Å². The Labute approximate surface area is 171 Å². The number of fused-ring (bicyclic) bond motifs is 1. The molecule has 0 spiro atoms. The van der Waals surface area contributed by atoms with Gasteiger partial charge in [-0.1, -0.05) is 19.4 Å². The van der Waals surface area contributed by atoms with E-state index >= 15 is 0 Å². The molecule has 158 valence electrons. The molecular weight excluding hydrogens is 392 g/mol. The molecule has 2 heterocycles. The van der Waals surface area contributed by atoms with E-state index < -0.39 is 16.1 Å². The van der Waals surface area contributed by atoms with Gasteiger partial charge in [-0.2, -0.15) is 4.31 Å². The monoisotopic (exact) mass is 421 g/mol. The van der Waals surface area contributed by atoms with Crippen molar-refractivity contribution in [3.63, 3.8) is 0 Å². The van der Waals surface area contributed by atoms with Crippen molar-refractivity contribution < 1.29 is 22.9 Å². The summed E-state index contributed by atoms with van der Waals surface area (Å²) in [4.78, 5) is 27.2. The van der Waals surface area contributed by atoms with E-state index in [2.05, 4.69) is 5.32 Å². The number of aryl methyl sites for hydroxylation is 2. The summed E-state index contributed by atoms with van der Waals surface area (Å²) in [7, 11) is -3.51. The van der Waals surface area contributed by atoms with E-state index in [1.54, 1.807) is 6.07 Å². The lowest BCUT2D eigenvalue weighted by molar-refractivity contribution is -0.910. The number of nitrogens with one attached hydrogen (secondary N) is 2. The predicted octanol–water partition coefficient (Wildman–Crippen LogP) is -0.257. The summed E-state index contributed by atoms with van der Waals surface area (Å²) in [6, 6.07) is 4.74. The third-order valence-corrected chi connectivity index (χ3v) is 8.10. The number of benzene rings is 1. The van der Waals surface area contributed by atoms with E-state index in [1.807, 2.05) is 19.1 Å². The molecule has 0 bridgehead atoms. The first-order chi connectivity index (χ1) is 13.9. The predicted molar refractivity (Wildman–Crippen MR) is 107 cm³/mol. The van der Waals surface area contributed by atoms with Crippen LogP contribution in [0.15, 0.2) is 23.1 Å². The number of carbonyl (C=O) groups excluding carboxylic acids is 2. The Hall–Kier alpha value is -1.97. The molecule has 8 nitrogen and oxygen atoms in total. The van der Waals surface area contributed by atoms with Crippen molar-refractivity contribution in [3.8, 4) is 0 Å². The second kappa shape index (κ2) is 8.04. The number of rotatable bonds is 6. The smallest absolute Gasteiger partial charge is 0.326 e. The molecule has 1 aliphatic carbocycles. The van der Waals surface area contributed by atoms with Gasteiger partial charge < -0.3 is 10.2 Å². The second-order valence-corrected chi connectivity index (χ2v) is 10.1. The molecule has 0 saturated carbocycles. The van der Waals surface area contributed by atoms with Gasteiger partial charge >= 0.3 is 6.03 Å². The fraction of sp³-hybridized carbons (Fsp3) is 0.600. The molecule has 0 unspecified atom stereocenters. The summed E-state index contributed by atoms with van der Waals surface area (Å²) in [6.45, 7) is 4.18. The van der Waals surface area contributed by atoms with Crippen LogP contribution in [0.3, 0.4) is 0 Å². The summed E-state index contributed by atoms with van der Waals surface area (Å²) in [5.41, 5.74) is 2.41. The molecule has 29 heavy (non-hydrogen) atoms. The van der Waals surface area contributed by atoms with Crippen molar-refractivity contribution >= 4 is 22.0 Å². The van der Waals surface area contributed by atoms with E-state index in [0.29, 0.717) is 37.5 Å². The molecule has 0 aromatic heterocycles. The Morgan fingerprint density at radius 3 is 2.59 bits per heavy atom. The van der Waals surface area contributed by atoms with E-state index in [0.717, 1.165) is 36.1 Å². The Kier molecular flexibility index (Phi) is 5.63. The topological polar surface area (TPSA) is 91.2 Å². The molecule has 2 fully saturated rings. The minimum Gasteiger partial charge on any atom is -0.326 e. The number of urea groups is 1. The van der Waals surface area contributed by atoms with Crippen molar-refractivity contribution in [1.29, 1.82) is 0 Å². The maximum atomic E-state index is 13.0. The average Bonchev–Trinajstić information content (AvgIpc) is 3.28. The van der Waals surface area contributed by atoms with Crippen LogP contribution in [-0.4, -0.2) is 68.5 Å². The normalized spacial score (nSPS) is 23.5. The summed E-state index contributed by atoms with van der Waals surface area (Å²) >= 11 is 0. The molecule has 1 aromatic carbocycles. The van der Waals surface area contributed by atoms with E-state index in [-0.39, 0.29) is 18.6 Å². The van der Waals surface area contributed by atoms with Crippen molar-refractivity contribution in [2.24, 2.45) is 0 Å². The SMILES string of the molecule is CCC[C@@H]1NC(=O)N(C[NH+]2CCN(S(=O)(=O)c3ccc4c(c3)CCC4)CC2)C1=O. The molecule has 3 amide bonds. The maximum absolute atomic E-state index is 13.0. The van der Waals surface area contributed by atoms with E-state index in [9.17, 15) is 18.0 Å². The third-order valence-electron chi connectivity index (χ3n) is 6.20. The Bertz CT molecular complexity index is 909. The van der Waals surface area contributed by atoms with Gasteiger partial charge in [0.25, 0.3) is 5.91 Å². The number of sulfonamides is 1. The molecular formula is C20H29N4O4S+. The Balaban J connectivity index is 1.37. The number of carbonyl (C=O) groups is 2. The highest BCUT2D eigenvalue weighted by Gasteiger charge is 2.40. The summed E-state index contributed by atoms with van der Waals surface area (Å²) in [5.74, 6) is -0.169. The number of amides is 3. The van der Waals surface area contributed by atoms with Gasteiger partial charge in [-0.15, -0.1) is 0 Å². The highest BCUT2D eigenvalue weighted by Crippen LogP contribution is 2.26. The van der Waals surface area contributed by atoms with Crippen molar-refractivity contribution in [2.45, 2.75) is 50.0 Å². The molecule has 1 aromatic rings.